The summed E-state index contributed by atoms with van der Waals surface area (Å²) in [4.78, 5) is 33.5. The Morgan fingerprint density at radius 1 is 1.19 bits per heavy atom. The lowest BCUT2D eigenvalue weighted by Gasteiger charge is -2.21. The molecule has 1 aliphatic rings. The Labute approximate surface area is 221 Å². The predicted octanol–water partition coefficient (Wildman–Crippen LogP) is 1.74. The van der Waals surface area contributed by atoms with Crippen molar-refractivity contribution < 1.29 is 19.5 Å². The summed E-state index contributed by atoms with van der Waals surface area (Å²) in [6, 6.07) is 5.81. The molecule has 1 unspecified atom stereocenters. The van der Waals surface area contributed by atoms with Crippen molar-refractivity contribution in [3.05, 3.63) is 42.2 Å². The van der Waals surface area contributed by atoms with Crippen molar-refractivity contribution in [1.29, 1.82) is 0 Å². The minimum atomic E-state index is -1.11. The van der Waals surface area contributed by atoms with Crippen molar-refractivity contribution in [3.63, 3.8) is 0 Å². The number of rotatable bonds is 14. The van der Waals surface area contributed by atoms with Crippen LogP contribution in [0.3, 0.4) is 0 Å². The maximum Gasteiger partial charge on any atom is 0.326 e. The van der Waals surface area contributed by atoms with Gasteiger partial charge >= 0.3 is 5.97 Å². The Kier molecular flexibility index (Phi) is 19.2. The Morgan fingerprint density at radius 3 is 2.22 bits per heavy atom. The summed E-state index contributed by atoms with van der Waals surface area (Å²) in [5.74, 6) is 5.17. The van der Waals surface area contributed by atoms with Gasteiger partial charge in [0.15, 0.2) is 0 Å². The molecule has 11 heteroatoms. The van der Waals surface area contributed by atoms with E-state index in [2.05, 4.69) is 53.9 Å². The van der Waals surface area contributed by atoms with Gasteiger partial charge in [0.1, 0.15) is 11.9 Å². The van der Waals surface area contributed by atoms with Crippen LogP contribution in [0.4, 0.5) is 5.69 Å². The zero-order chi connectivity index (χ0) is 28.1. The lowest BCUT2D eigenvalue weighted by molar-refractivity contribution is -0.140. The number of carbonyl (C=O) groups excluding carboxylic acids is 2. The van der Waals surface area contributed by atoms with E-state index in [0.29, 0.717) is 43.5 Å². The van der Waals surface area contributed by atoms with Crippen LogP contribution in [0.25, 0.3) is 0 Å². The van der Waals surface area contributed by atoms with Gasteiger partial charge in [-0.1, -0.05) is 45.4 Å². The van der Waals surface area contributed by atoms with E-state index in [0.717, 1.165) is 25.2 Å². The second kappa shape index (κ2) is 21.0. The molecule has 8 N–H and O–H groups in total. The third kappa shape index (κ3) is 17.0. The molecule has 1 heterocycles. The van der Waals surface area contributed by atoms with Crippen LogP contribution in [0.15, 0.2) is 36.7 Å². The van der Waals surface area contributed by atoms with Gasteiger partial charge in [0.25, 0.3) is 0 Å². The number of hydrogen-bond donors (Lipinski definition) is 7. The lowest BCUT2D eigenvalue weighted by Crippen LogP contribution is -2.37. The van der Waals surface area contributed by atoms with Gasteiger partial charge in [-0.3, -0.25) is 14.6 Å². The van der Waals surface area contributed by atoms with Crippen molar-refractivity contribution in [2.24, 2.45) is 5.84 Å². The number of nitrogens with one attached hydrogen (secondary N) is 5. The van der Waals surface area contributed by atoms with E-state index in [4.69, 9.17) is 10.9 Å². The Morgan fingerprint density at radius 2 is 1.78 bits per heavy atom. The summed E-state index contributed by atoms with van der Waals surface area (Å²) in [6.07, 6.45) is 4.58. The third-order valence-corrected chi connectivity index (χ3v) is 5.30. The van der Waals surface area contributed by atoms with Gasteiger partial charge in [-0.15, -0.1) is 0 Å². The number of carboxylic acids is 1. The van der Waals surface area contributed by atoms with Crippen LogP contribution in [0.1, 0.15) is 58.9 Å². The Hall–Kier alpha value is -3.15. The van der Waals surface area contributed by atoms with Gasteiger partial charge in [0, 0.05) is 44.7 Å². The highest BCUT2D eigenvalue weighted by atomic mass is 16.4. The van der Waals surface area contributed by atoms with E-state index in [9.17, 15) is 14.4 Å². The molecule has 1 aromatic rings. The lowest BCUT2D eigenvalue weighted by atomic mass is 10.1. The number of aliphatic carboxylic acids is 1. The van der Waals surface area contributed by atoms with Crippen LogP contribution in [-0.4, -0.2) is 66.8 Å². The number of amides is 2. The Balaban J connectivity index is 0.00000107. The fourth-order valence-corrected chi connectivity index (χ4v) is 2.98. The van der Waals surface area contributed by atoms with Gasteiger partial charge in [0.05, 0.1) is 6.17 Å². The van der Waals surface area contributed by atoms with E-state index in [1.165, 1.54) is 17.9 Å². The zero-order valence-electron chi connectivity index (χ0n) is 22.8. The first-order valence-corrected chi connectivity index (χ1v) is 12.9. The molecule has 1 fully saturated rings. The number of nitrogens with zero attached hydrogens (tertiary/aromatic N) is 1. The molecule has 2 amide bonds. The number of carboxylic acid groups (broad SMARTS) is 1. The molecule has 1 saturated heterocycles. The number of unbranched alkanes of at least 4 members (excludes halogenated alkanes) is 1. The second-order valence-electron chi connectivity index (χ2n) is 8.53. The van der Waals surface area contributed by atoms with Crippen LogP contribution in [0.2, 0.25) is 0 Å². The minimum Gasteiger partial charge on any atom is -0.480 e. The predicted molar refractivity (Wildman–Crippen MR) is 148 cm³/mol. The number of benzene rings is 1. The topological polar surface area (TPSA) is 161 Å². The first kappa shape index (κ1) is 33.8. The van der Waals surface area contributed by atoms with Crippen molar-refractivity contribution >= 4 is 24.0 Å². The maximum atomic E-state index is 12.0. The number of nitrogens with two attached hydrogens (primary N) is 1. The summed E-state index contributed by atoms with van der Waals surface area (Å²) in [5.41, 5.74) is 1.34. The van der Waals surface area contributed by atoms with Crippen LogP contribution in [0, 0.1) is 0 Å². The quantitative estimate of drug-likeness (QED) is 0.110. The molecule has 0 bridgehead atoms. The molecule has 1 atom stereocenters. The number of hydrogen-bond acceptors (Lipinski definition) is 8. The van der Waals surface area contributed by atoms with Gasteiger partial charge in [0.2, 0.25) is 12.3 Å². The molecule has 2 rings (SSSR count). The monoisotopic (exact) mass is 521 g/mol. The highest BCUT2D eigenvalue weighted by Gasteiger charge is 2.16. The average Bonchev–Trinajstić information content (AvgIpc) is 3.36. The van der Waals surface area contributed by atoms with E-state index in [1.54, 1.807) is 24.3 Å². The SMILES string of the molecule is C=C(NCC)N(N)CCCC(=O)Nc1ccc(CC(NC=O)C(=O)O)cc1.CC1NCCN1.CCCC. The number of anilines is 1. The summed E-state index contributed by atoms with van der Waals surface area (Å²) >= 11 is 0. The van der Waals surface area contributed by atoms with E-state index >= 15 is 0 Å². The van der Waals surface area contributed by atoms with E-state index in [-0.39, 0.29) is 12.3 Å². The summed E-state index contributed by atoms with van der Waals surface area (Å²) in [7, 11) is 0. The standard InChI is InChI=1S/C18H27N5O4.C4H10N2.C4H10/c1-3-20-13(2)23(19)10-4-5-17(25)22-15-8-6-14(7-9-15)11-16(18(26)27)21-12-24;1-4-5-2-3-6-4;1-3-4-2/h6-9,12,16,20H,2-5,10-11,19H2,1H3,(H,21,24)(H,22,25)(H,26,27);4-6H,2-3H2,1H3;3-4H2,1-2H3. The fraction of sp³-hybridized carbons (Fsp3) is 0.577. The molecule has 11 nitrogen and oxygen atoms in total. The first-order valence-electron chi connectivity index (χ1n) is 12.9. The summed E-state index contributed by atoms with van der Waals surface area (Å²) in [6.45, 7) is 15.7. The van der Waals surface area contributed by atoms with Gasteiger partial charge in [-0.2, -0.15) is 0 Å². The third-order valence-electron chi connectivity index (χ3n) is 5.30. The average molecular weight is 522 g/mol. The van der Waals surface area contributed by atoms with Gasteiger partial charge < -0.3 is 31.7 Å². The normalized spacial score (nSPS) is 13.1. The molecule has 0 spiro atoms. The largest absolute Gasteiger partial charge is 0.480 e. The molecule has 37 heavy (non-hydrogen) atoms. The second-order valence-corrected chi connectivity index (χ2v) is 8.53. The van der Waals surface area contributed by atoms with E-state index < -0.39 is 12.0 Å². The van der Waals surface area contributed by atoms with Crippen molar-refractivity contribution in [2.45, 2.75) is 72.0 Å². The highest BCUT2D eigenvalue weighted by Crippen LogP contribution is 2.12. The highest BCUT2D eigenvalue weighted by molar-refractivity contribution is 5.90. The van der Waals surface area contributed by atoms with Crippen LogP contribution in [0.5, 0.6) is 0 Å². The van der Waals surface area contributed by atoms with Crippen molar-refractivity contribution in [2.75, 3.05) is 31.5 Å². The van der Waals surface area contributed by atoms with Crippen molar-refractivity contribution in [3.8, 4) is 0 Å². The number of carbonyl (C=O) groups is 3. The summed E-state index contributed by atoms with van der Waals surface area (Å²) < 4.78 is 0. The van der Waals surface area contributed by atoms with Gasteiger partial charge in [-0.25, -0.2) is 10.6 Å². The van der Waals surface area contributed by atoms with Gasteiger partial charge in [-0.05, 0) is 38.0 Å². The van der Waals surface area contributed by atoms with E-state index in [1.807, 2.05) is 6.92 Å². The molecule has 1 aliphatic heterocycles. The molecule has 0 aliphatic carbocycles. The molecule has 210 valence electrons. The summed E-state index contributed by atoms with van der Waals surface area (Å²) in [5, 5.41) is 24.9. The van der Waals surface area contributed by atoms with Crippen LogP contribution < -0.4 is 32.4 Å². The van der Waals surface area contributed by atoms with Crippen LogP contribution >= 0.6 is 0 Å². The molecular formula is C26H47N7O4. The molecule has 0 aromatic heterocycles. The molecule has 0 radical (unpaired) electrons. The first-order chi connectivity index (χ1) is 17.7. The number of hydrazine groups is 1. The zero-order valence-corrected chi connectivity index (χ0v) is 22.8. The molecule has 1 aromatic carbocycles. The van der Waals surface area contributed by atoms with Crippen molar-refractivity contribution in [1.82, 2.24) is 26.3 Å². The fourth-order valence-electron chi connectivity index (χ4n) is 2.98. The minimum absolute atomic E-state index is 0.142. The molecule has 0 saturated carbocycles. The Bertz CT molecular complexity index is 782. The smallest absolute Gasteiger partial charge is 0.326 e. The molecular weight excluding hydrogens is 474 g/mol. The van der Waals surface area contributed by atoms with Crippen LogP contribution in [-0.2, 0) is 20.8 Å². The maximum absolute atomic E-state index is 12.0.